The Labute approximate surface area is 85.5 Å². The molecule has 1 atom stereocenters. The maximum atomic E-state index is 5.75. The van der Waals surface area contributed by atoms with E-state index in [2.05, 4.69) is 42.5 Å². The Morgan fingerprint density at radius 3 is 2.43 bits per heavy atom. The molecule has 0 aliphatic carbocycles. The quantitative estimate of drug-likeness (QED) is 0.795. The first-order valence-corrected chi connectivity index (χ1v) is 5.17. The fourth-order valence-corrected chi connectivity index (χ4v) is 1.59. The molecule has 1 heterocycles. The Morgan fingerprint density at radius 2 is 2.00 bits per heavy atom. The molecule has 1 rings (SSSR count). The molecular weight excluding hydrogens is 176 g/mol. The van der Waals surface area contributed by atoms with E-state index in [0.717, 1.165) is 5.82 Å². The van der Waals surface area contributed by atoms with Gasteiger partial charge in [-0.3, -0.25) is 0 Å². The number of hydrogen-bond acceptors (Lipinski definition) is 3. The summed E-state index contributed by atoms with van der Waals surface area (Å²) >= 11 is 0. The number of nitrogens with zero attached hydrogens (tertiary/aromatic N) is 3. The van der Waals surface area contributed by atoms with Gasteiger partial charge in [0.15, 0.2) is 0 Å². The second kappa shape index (κ2) is 4.55. The molecule has 0 radical (unpaired) electrons. The van der Waals surface area contributed by atoms with E-state index in [9.17, 15) is 0 Å². The van der Waals surface area contributed by atoms with Gasteiger partial charge in [-0.05, 0) is 19.8 Å². The molecule has 2 N–H and O–H groups in total. The molecule has 0 spiro atoms. The molecule has 0 aliphatic rings. The van der Waals surface area contributed by atoms with E-state index in [1.54, 1.807) is 6.33 Å². The van der Waals surface area contributed by atoms with E-state index < -0.39 is 0 Å². The summed E-state index contributed by atoms with van der Waals surface area (Å²) < 4.78 is 2.09. The molecule has 14 heavy (non-hydrogen) atoms. The predicted octanol–water partition coefficient (Wildman–Crippen LogP) is 1.56. The minimum Gasteiger partial charge on any atom is -0.330 e. The summed E-state index contributed by atoms with van der Waals surface area (Å²) in [5, 5.41) is 8.11. The van der Waals surface area contributed by atoms with Crippen LogP contribution in [0.4, 0.5) is 0 Å². The van der Waals surface area contributed by atoms with E-state index in [1.165, 1.54) is 0 Å². The van der Waals surface area contributed by atoms with Crippen LogP contribution in [0.1, 0.15) is 45.5 Å². The standard InChI is InChI=1S/C10H20N4/c1-7(2)9(5-11)10-13-12-6-14(10)8(3)4/h6-9H,5,11H2,1-4H3. The van der Waals surface area contributed by atoms with Crippen molar-refractivity contribution in [3.8, 4) is 0 Å². The summed E-state index contributed by atoms with van der Waals surface area (Å²) in [6.45, 7) is 9.21. The topological polar surface area (TPSA) is 56.7 Å². The van der Waals surface area contributed by atoms with Gasteiger partial charge in [-0.15, -0.1) is 10.2 Å². The van der Waals surface area contributed by atoms with Crippen molar-refractivity contribution in [3.63, 3.8) is 0 Å². The van der Waals surface area contributed by atoms with Gasteiger partial charge in [0.05, 0.1) is 0 Å². The first kappa shape index (κ1) is 11.2. The van der Waals surface area contributed by atoms with Gasteiger partial charge in [-0.1, -0.05) is 13.8 Å². The van der Waals surface area contributed by atoms with Crippen LogP contribution < -0.4 is 5.73 Å². The van der Waals surface area contributed by atoms with Crippen LogP contribution in [0, 0.1) is 5.92 Å². The normalized spacial score (nSPS) is 13.9. The second-order valence-electron chi connectivity index (χ2n) is 4.28. The average molecular weight is 196 g/mol. The van der Waals surface area contributed by atoms with E-state index in [-0.39, 0.29) is 0 Å². The SMILES string of the molecule is CC(C)C(CN)c1nncn1C(C)C. The molecule has 0 saturated heterocycles. The van der Waals surface area contributed by atoms with Crippen molar-refractivity contribution in [2.75, 3.05) is 6.54 Å². The Hall–Kier alpha value is -0.900. The zero-order valence-corrected chi connectivity index (χ0v) is 9.44. The lowest BCUT2D eigenvalue weighted by Crippen LogP contribution is -2.22. The highest BCUT2D eigenvalue weighted by Crippen LogP contribution is 2.23. The van der Waals surface area contributed by atoms with Crippen LogP contribution >= 0.6 is 0 Å². The van der Waals surface area contributed by atoms with E-state index in [1.807, 2.05) is 0 Å². The third kappa shape index (κ3) is 2.12. The van der Waals surface area contributed by atoms with Crippen LogP contribution in [0.3, 0.4) is 0 Å². The molecule has 4 nitrogen and oxygen atoms in total. The summed E-state index contributed by atoms with van der Waals surface area (Å²) in [5.74, 6) is 1.82. The Bertz CT molecular complexity index is 277. The molecule has 80 valence electrons. The first-order chi connectivity index (χ1) is 6.57. The summed E-state index contributed by atoms with van der Waals surface area (Å²) in [6.07, 6.45) is 1.78. The molecular formula is C10H20N4. The third-order valence-electron chi connectivity index (χ3n) is 2.55. The number of rotatable bonds is 4. The van der Waals surface area contributed by atoms with Gasteiger partial charge >= 0.3 is 0 Å². The highest BCUT2D eigenvalue weighted by atomic mass is 15.3. The highest BCUT2D eigenvalue weighted by molar-refractivity contribution is 4.99. The molecule has 0 bridgehead atoms. The number of hydrogen-bond donors (Lipinski definition) is 1. The van der Waals surface area contributed by atoms with Crippen molar-refractivity contribution < 1.29 is 0 Å². The molecule has 1 aromatic heterocycles. The molecule has 0 aromatic carbocycles. The third-order valence-corrected chi connectivity index (χ3v) is 2.55. The van der Waals surface area contributed by atoms with Gasteiger partial charge < -0.3 is 10.3 Å². The summed E-state index contributed by atoms with van der Waals surface area (Å²) in [5.41, 5.74) is 5.75. The number of nitrogens with two attached hydrogens (primary N) is 1. The number of aromatic nitrogens is 3. The van der Waals surface area contributed by atoms with E-state index in [0.29, 0.717) is 24.4 Å². The van der Waals surface area contributed by atoms with Crippen LogP contribution in [0.25, 0.3) is 0 Å². The average Bonchev–Trinajstić information content (AvgIpc) is 2.53. The Balaban J connectivity index is 2.97. The lowest BCUT2D eigenvalue weighted by molar-refractivity contribution is 0.444. The van der Waals surface area contributed by atoms with Crippen molar-refractivity contribution in [2.24, 2.45) is 11.7 Å². The largest absolute Gasteiger partial charge is 0.330 e. The minimum atomic E-state index is 0.305. The lowest BCUT2D eigenvalue weighted by atomic mass is 9.95. The summed E-state index contributed by atoms with van der Waals surface area (Å²) in [7, 11) is 0. The van der Waals surface area contributed by atoms with Crippen molar-refractivity contribution in [1.82, 2.24) is 14.8 Å². The fourth-order valence-electron chi connectivity index (χ4n) is 1.59. The molecule has 0 amide bonds. The van der Waals surface area contributed by atoms with Crippen molar-refractivity contribution in [1.29, 1.82) is 0 Å². The van der Waals surface area contributed by atoms with Crippen LogP contribution in [-0.2, 0) is 0 Å². The van der Waals surface area contributed by atoms with Gasteiger partial charge in [0.1, 0.15) is 12.2 Å². The first-order valence-electron chi connectivity index (χ1n) is 5.17. The monoisotopic (exact) mass is 196 g/mol. The maximum absolute atomic E-state index is 5.75. The Morgan fingerprint density at radius 1 is 1.36 bits per heavy atom. The predicted molar refractivity (Wildman–Crippen MR) is 57.0 cm³/mol. The zero-order chi connectivity index (χ0) is 10.7. The van der Waals surface area contributed by atoms with Crippen molar-refractivity contribution in [2.45, 2.75) is 39.7 Å². The summed E-state index contributed by atoms with van der Waals surface area (Å²) in [4.78, 5) is 0. The van der Waals surface area contributed by atoms with Gasteiger partial charge in [-0.25, -0.2) is 0 Å². The maximum Gasteiger partial charge on any atom is 0.137 e. The Kier molecular flexibility index (Phi) is 3.63. The van der Waals surface area contributed by atoms with Crippen LogP contribution in [0.5, 0.6) is 0 Å². The summed E-state index contributed by atoms with van der Waals surface area (Å²) in [6, 6.07) is 0.396. The molecule has 1 unspecified atom stereocenters. The fraction of sp³-hybridized carbons (Fsp3) is 0.800. The van der Waals surface area contributed by atoms with Crippen LogP contribution in [0.2, 0.25) is 0 Å². The molecule has 0 fully saturated rings. The molecule has 0 aliphatic heterocycles. The van der Waals surface area contributed by atoms with Gasteiger partial charge in [0.2, 0.25) is 0 Å². The molecule has 4 heteroatoms. The second-order valence-corrected chi connectivity index (χ2v) is 4.28. The minimum absolute atomic E-state index is 0.305. The highest BCUT2D eigenvalue weighted by Gasteiger charge is 2.20. The van der Waals surface area contributed by atoms with Crippen LogP contribution in [0.15, 0.2) is 6.33 Å². The smallest absolute Gasteiger partial charge is 0.137 e. The van der Waals surface area contributed by atoms with E-state index in [4.69, 9.17) is 5.73 Å². The van der Waals surface area contributed by atoms with Crippen molar-refractivity contribution in [3.05, 3.63) is 12.2 Å². The van der Waals surface area contributed by atoms with Gasteiger partial charge in [0, 0.05) is 18.5 Å². The van der Waals surface area contributed by atoms with Gasteiger partial charge in [0.25, 0.3) is 0 Å². The zero-order valence-electron chi connectivity index (χ0n) is 9.44. The lowest BCUT2D eigenvalue weighted by Gasteiger charge is -2.20. The van der Waals surface area contributed by atoms with Crippen LogP contribution in [-0.4, -0.2) is 21.3 Å². The van der Waals surface area contributed by atoms with Crippen molar-refractivity contribution >= 4 is 0 Å². The van der Waals surface area contributed by atoms with Gasteiger partial charge in [-0.2, -0.15) is 0 Å². The molecule has 0 saturated carbocycles. The van der Waals surface area contributed by atoms with E-state index >= 15 is 0 Å². The molecule has 1 aromatic rings.